The van der Waals surface area contributed by atoms with Crippen LogP contribution in [0.3, 0.4) is 0 Å². The van der Waals surface area contributed by atoms with Crippen LogP contribution >= 0.6 is 18.5 Å². The fourth-order valence-electron chi connectivity index (χ4n) is 1.36. The molecule has 2 N–H and O–H groups in total. The molecule has 0 aliphatic heterocycles. The summed E-state index contributed by atoms with van der Waals surface area (Å²) in [5.41, 5.74) is -0.459. The van der Waals surface area contributed by atoms with Gasteiger partial charge in [0.05, 0.1) is 19.8 Å². The first-order valence-corrected chi connectivity index (χ1v) is 8.85. The fraction of sp³-hybridized carbons (Fsp3) is 0.929. The van der Waals surface area contributed by atoms with Gasteiger partial charge in [-0.3, -0.25) is 0 Å². The molecule has 1 unspecified atom stereocenters. The van der Waals surface area contributed by atoms with E-state index in [2.05, 4.69) is 10.6 Å². The predicted molar refractivity (Wildman–Crippen MR) is 99.0 cm³/mol. The summed E-state index contributed by atoms with van der Waals surface area (Å²) in [6, 6.07) is 0. The van der Waals surface area contributed by atoms with Crippen LogP contribution in [0.5, 0.6) is 0 Å². The molecule has 7 nitrogen and oxygen atoms in total. The summed E-state index contributed by atoms with van der Waals surface area (Å²) in [5, 5.41) is 5.94. The van der Waals surface area contributed by atoms with Crippen LogP contribution in [-0.4, -0.2) is 51.1 Å². The number of ether oxygens (including phenoxy) is 1. The number of amides is 1. The molecule has 140 valence electrons. The van der Waals surface area contributed by atoms with Crippen molar-refractivity contribution in [2.75, 3.05) is 39.5 Å². The molecule has 0 aromatic heterocycles. The van der Waals surface area contributed by atoms with E-state index in [1.54, 1.807) is 0 Å². The van der Waals surface area contributed by atoms with Crippen molar-refractivity contribution in [1.82, 2.24) is 10.6 Å². The number of rotatable bonds is 12. The van der Waals surface area contributed by atoms with Gasteiger partial charge >= 0.3 is 14.7 Å². The summed E-state index contributed by atoms with van der Waals surface area (Å²) in [4.78, 5) is 11.4. The van der Waals surface area contributed by atoms with Crippen molar-refractivity contribution >= 4 is 24.6 Å². The molecule has 9 heteroatoms. The van der Waals surface area contributed by atoms with Gasteiger partial charge < -0.3 is 28.9 Å². The first-order valence-electron chi connectivity index (χ1n) is 7.75. The molecule has 1 atom stereocenters. The van der Waals surface area contributed by atoms with Gasteiger partial charge in [-0.05, 0) is 47.6 Å². The second kappa shape index (κ2) is 15.5. The molecule has 0 aliphatic carbocycles. The van der Waals surface area contributed by atoms with Crippen LogP contribution < -0.4 is 10.6 Å². The van der Waals surface area contributed by atoms with Crippen molar-refractivity contribution in [1.29, 1.82) is 0 Å². The van der Waals surface area contributed by atoms with Crippen LogP contribution in [0, 0.1) is 0 Å². The Balaban J connectivity index is 0. The Morgan fingerprint density at radius 2 is 1.61 bits per heavy atom. The number of alkyl carbamates (subject to hydrolysis) is 1. The number of hydrogen-bond donors (Lipinski definition) is 2. The van der Waals surface area contributed by atoms with E-state index in [-0.39, 0.29) is 16.0 Å². The molecule has 23 heavy (non-hydrogen) atoms. The normalized spacial score (nSPS) is 11.2. The van der Waals surface area contributed by atoms with Gasteiger partial charge in [0.15, 0.2) is 0 Å². The molecule has 0 saturated heterocycles. The number of hydrogen-bond acceptors (Lipinski definition) is 6. The summed E-state index contributed by atoms with van der Waals surface area (Å²) in [7, 11) is -1.22. The zero-order chi connectivity index (χ0) is 16.8. The zero-order valence-electron chi connectivity index (χ0n) is 15.1. The molecular formula is C14H34N2O5P2. The molecule has 1 amide bonds. The van der Waals surface area contributed by atoms with Gasteiger partial charge in [-0.2, -0.15) is 9.90 Å². The molecule has 0 aromatic carbocycles. The molecule has 0 fully saturated rings. The Morgan fingerprint density at radius 1 is 1.00 bits per heavy atom. The first kappa shape index (κ1) is 25.2. The Kier molecular flexibility index (Phi) is 17.0. The van der Waals surface area contributed by atoms with Gasteiger partial charge in [-0.15, -0.1) is 0 Å². The molecule has 0 saturated carbocycles. The number of nitrogens with one attached hydrogen (secondary N) is 2. The molecular weight excluding hydrogens is 338 g/mol. The average molecular weight is 372 g/mol. The minimum Gasteiger partial charge on any atom is -0.444 e. The van der Waals surface area contributed by atoms with Gasteiger partial charge in [-0.1, -0.05) is 0 Å². The largest absolute Gasteiger partial charge is 0.444 e. The van der Waals surface area contributed by atoms with Gasteiger partial charge in [0.25, 0.3) is 0 Å². The molecule has 0 spiro atoms. The highest BCUT2D eigenvalue weighted by Gasteiger charge is 2.15. The summed E-state index contributed by atoms with van der Waals surface area (Å²) in [6.07, 6.45) is 0.445. The lowest BCUT2D eigenvalue weighted by atomic mass is 10.2. The van der Waals surface area contributed by atoms with Crippen LogP contribution in [0.4, 0.5) is 4.79 Å². The van der Waals surface area contributed by atoms with Gasteiger partial charge in [0.2, 0.25) is 0 Å². The second-order valence-electron chi connectivity index (χ2n) is 5.42. The third kappa shape index (κ3) is 18.2. The maximum absolute atomic E-state index is 11.4. The Labute approximate surface area is 145 Å². The van der Waals surface area contributed by atoms with Crippen LogP contribution in [-0.2, 0) is 18.3 Å². The Morgan fingerprint density at radius 3 is 2.13 bits per heavy atom. The van der Waals surface area contributed by atoms with Gasteiger partial charge in [0.1, 0.15) is 5.60 Å². The highest BCUT2D eigenvalue weighted by Crippen LogP contribution is 2.38. The van der Waals surface area contributed by atoms with Crippen molar-refractivity contribution < 1.29 is 23.1 Å². The van der Waals surface area contributed by atoms with Crippen molar-refractivity contribution in [3.8, 4) is 0 Å². The third-order valence-electron chi connectivity index (χ3n) is 2.14. The van der Waals surface area contributed by atoms with Crippen molar-refractivity contribution in [2.24, 2.45) is 0 Å². The predicted octanol–water partition coefficient (Wildman–Crippen LogP) is 2.87. The van der Waals surface area contributed by atoms with Gasteiger partial charge in [-0.25, -0.2) is 4.79 Å². The Hall–Kier alpha value is -0.0300. The van der Waals surface area contributed by atoms with Crippen molar-refractivity contribution in [3.05, 3.63) is 0 Å². The maximum Gasteiger partial charge on any atom is 0.407 e. The first-order chi connectivity index (χ1) is 10.4. The lowest BCUT2D eigenvalue weighted by Crippen LogP contribution is -2.34. The summed E-state index contributed by atoms with van der Waals surface area (Å²) in [5.74, 6) is 0. The Bertz CT molecular complexity index is 285. The molecule has 0 heterocycles. The molecule has 0 radical (unpaired) electrons. The fourth-order valence-corrected chi connectivity index (χ4v) is 2.24. The zero-order valence-corrected chi connectivity index (χ0v) is 17.5. The minimum absolute atomic E-state index is 0. The van der Waals surface area contributed by atoms with Crippen LogP contribution in [0.25, 0.3) is 0 Å². The summed E-state index contributed by atoms with van der Waals surface area (Å²) >= 11 is 0. The maximum atomic E-state index is 11.4. The number of carbonyl (C=O) groups is 1. The average Bonchev–Trinajstić information content (AvgIpc) is 2.40. The van der Waals surface area contributed by atoms with E-state index in [4.69, 9.17) is 18.3 Å². The lowest BCUT2D eigenvalue weighted by molar-refractivity contribution is 0.0527. The molecule has 0 bridgehead atoms. The third-order valence-corrected chi connectivity index (χ3v) is 3.47. The second-order valence-corrected chi connectivity index (χ2v) is 6.65. The number of carbonyl (C=O) groups excluding carboxylic acids is 1. The van der Waals surface area contributed by atoms with E-state index >= 15 is 0 Å². The van der Waals surface area contributed by atoms with Crippen molar-refractivity contribution in [2.45, 2.75) is 46.6 Å². The molecule has 0 aromatic rings. The quantitative estimate of drug-likeness (QED) is 0.405. The highest BCUT2D eigenvalue weighted by atomic mass is 31.2. The van der Waals surface area contributed by atoms with E-state index < -0.39 is 14.2 Å². The minimum atomic E-state index is -1.22. The van der Waals surface area contributed by atoms with E-state index in [1.165, 1.54) is 0 Å². The van der Waals surface area contributed by atoms with Crippen LogP contribution in [0.1, 0.15) is 41.0 Å². The van der Waals surface area contributed by atoms with E-state index in [9.17, 15) is 4.79 Å². The van der Waals surface area contributed by atoms with Gasteiger partial charge in [0, 0.05) is 13.1 Å². The molecule has 0 aliphatic rings. The lowest BCUT2D eigenvalue weighted by Gasteiger charge is -2.19. The SMILES string of the molecule is CCOP(OCC)OCCNCCCNC(=O)OC(C)(C)C.P. The van der Waals surface area contributed by atoms with Crippen LogP contribution in [0.15, 0.2) is 0 Å². The van der Waals surface area contributed by atoms with E-state index in [0.717, 1.165) is 13.0 Å². The van der Waals surface area contributed by atoms with E-state index in [0.29, 0.717) is 32.9 Å². The van der Waals surface area contributed by atoms with Crippen LogP contribution in [0.2, 0.25) is 0 Å². The monoisotopic (exact) mass is 372 g/mol. The van der Waals surface area contributed by atoms with Crippen molar-refractivity contribution in [3.63, 3.8) is 0 Å². The smallest absolute Gasteiger partial charge is 0.407 e. The highest BCUT2D eigenvalue weighted by molar-refractivity contribution is 7.41. The summed E-state index contributed by atoms with van der Waals surface area (Å²) < 4.78 is 21.3. The standard InChI is InChI=1S/C14H31N2O5P.H3P/c1-6-18-22(19-7-2)20-12-11-15-9-8-10-16-13(17)21-14(3,4)5;/h15H,6-12H2,1-5H3,(H,16,17);1H3. The molecule has 0 rings (SSSR count). The summed E-state index contributed by atoms with van der Waals surface area (Å²) in [6.45, 7) is 13.1. The van der Waals surface area contributed by atoms with E-state index in [1.807, 2.05) is 34.6 Å². The topological polar surface area (TPSA) is 78.0 Å².